The summed E-state index contributed by atoms with van der Waals surface area (Å²) in [7, 11) is 0. The average molecular weight is 188 g/mol. The number of aromatic nitrogens is 2. The highest BCUT2D eigenvalue weighted by atomic mass is 16.5. The van der Waals surface area contributed by atoms with Gasteiger partial charge in [0.15, 0.2) is 5.82 Å². The molecule has 2 rings (SSSR count). The third kappa shape index (κ3) is 1.41. The lowest BCUT2D eigenvalue weighted by Crippen LogP contribution is -1.87. The minimum absolute atomic E-state index is 0.609. The van der Waals surface area contributed by atoms with Gasteiger partial charge in [0.05, 0.1) is 0 Å². The topological polar surface area (TPSA) is 38.9 Å². The largest absolute Gasteiger partial charge is 0.334 e. The summed E-state index contributed by atoms with van der Waals surface area (Å²) in [5.41, 5.74) is 3.37. The molecule has 0 amide bonds. The summed E-state index contributed by atoms with van der Waals surface area (Å²) in [5.74, 6) is 1.28. The van der Waals surface area contributed by atoms with E-state index in [1.165, 1.54) is 0 Å². The Morgan fingerprint density at radius 3 is 2.21 bits per heavy atom. The van der Waals surface area contributed by atoms with Crippen molar-refractivity contribution in [2.75, 3.05) is 0 Å². The zero-order valence-electron chi connectivity index (χ0n) is 8.53. The first-order chi connectivity index (χ1) is 6.68. The van der Waals surface area contributed by atoms with Gasteiger partial charge in [0.25, 0.3) is 5.89 Å². The van der Waals surface area contributed by atoms with Crippen LogP contribution in [-0.4, -0.2) is 10.1 Å². The molecule has 0 bridgehead atoms. The molecule has 0 fully saturated rings. The van der Waals surface area contributed by atoms with E-state index in [2.05, 4.69) is 10.1 Å². The van der Waals surface area contributed by atoms with Crippen molar-refractivity contribution in [1.29, 1.82) is 0 Å². The van der Waals surface area contributed by atoms with Crippen molar-refractivity contribution in [2.24, 2.45) is 0 Å². The van der Waals surface area contributed by atoms with Crippen molar-refractivity contribution in [2.45, 2.75) is 20.8 Å². The molecule has 0 saturated heterocycles. The molecule has 0 aliphatic rings. The lowest BCUT2D eigenvalue weighted by atomic mass is 10.0. The second-order valence-electron chi connectivity index (χ2n) is 3.41. The van der Waals surface area contributed by atoms with Crippen LogP contribution in [0.25, 0.3) is 11.5 Å². The van der Waals surface area contributed by atoms with Crippen molar-refractivity contribution in [3.8, 4) is 11.5 Å². The maximum atomic E-state index is 5.15. The summed E-state index contributed by atoms with van der Waals surface area (Å²) in [6, 6.07) is 6.11. The lowest BCUT2D eigenvalue weighted by molar-refractivity contribution is 0.425. The summed E-state index contributed by atoms with van der Waals surface area (Å²) in [4.78, 5) is 4.22. The number of aryl methyl sites for hydroxylation is 3. The van der Waals surface area contributed by atoms with E-state index >= 15 is 0 Å². The molecule has 1 heterocycles. The molecule has 1 aromatic heterocycles. The summed E-state index contributed by atoms with van der Waals surface area (Å²) < 4.78 is 5.15. The fourth-order valence-electron chi connectivity index (χ4n) is 1.55. The minimum Gasteiger partial charge on any atom is -0.334 e. The highest BCUT2D eigenvalue weighted by Crippen LogP contribution is 2.24. The molecule has 0 aliphatic carbocycles. The third-order valence-electron chi connectivity index (χ3n) is 2.22. The monoisotopic (exact) mass is 188 g/mol. The molecule has 2 aromatic rings. The van der Waals surface area contributed by atoms with Gasteiger partial charge in [0, 0.05) is 5.56 Å². The van der Waals surface area contributed by atoms with Gasteiger partial charge in [-0.15, -0.1) is 0 Å². The number of hydrogen-bond donors (Lipinski definition) is 0. The number of nitrogens with zero attached hydrogens (tertiary/aromatic N) is 2. The normalized spacial score (nSPS) is 10.5. The molecule has 0 unspecified atom stereocenters. The molecule has 14 heavy (non-hydrogen) atoms. The van der Waals surface area contributed by atoms with Crippen molar-refractivity contribution < 1.29 is 4.52 Å². The predicted molar refractivity (Wildman–Crippen MR) is 53.9 cm³/mol. The van der Waals surface area contributed by atoms with Gasteiger partial charge in [0.2, 0.25) is 0 Å². The fourth-order valence-corrected chi connectivity index (χ4v) is 1.55. The van der Waals surface area contributed by atoms with E-state index < -0.39 is 0 Å². The van der Waals surface area contributed by atoms with Gasteiger partial charge >= 0.3 is 0 Å². The van der Waals surface area contributed by atoms with Crippen LogP contribution in [0.1, 0.15) is 17.0 Å². The molecular weight excluding hydrogens is 176 g/mol. The molecule has 3 heteroatoms. The Morgan fingerprint density at radius 2 is 1.71 bits per heavy atom. The average Bonchev–Trinajstić information content (AvgIpc) is 2.51. The summed E-state index contributed by atoms with van der Waals surface area (Å²) in [5, 5.41) is 3.79. The first-order valence-corrected chi connectivity index (χ1v) is 4.55. The SMILES string of the molecule is Cc1noc(-c2c(C)cccc2C)n1. The van der Waals surface area contributed by atoms with Gasteiger partial charge in [-0.3, -0.25) is 0 Å². The fraction of sp³-hybridized carbons (Fsp3) is 0.273. The van der Waals surface area contributed by atoms with E-state index in [1.54, 1.807) is 0 Å². The van der Waals surface area contributed by atoms with Crippen LogP contribution in [0.2, 0.25) is 0 Å². The van der Waals surface area contributed by atoms with Crippen LogP contribution in [0, 0.1) is 20.8 Å². The molecule has 0 N–H and O–H groups in total. The second kappa shape index (κ2) is 3.25. The maximum absolute atomic E-state index is 5.15. The quantitative estimate of drug-likeness (QED) is 0.690. The van der Waals surface area contributed by atoms with Crippen molar-refractivity contribution in [3.05, 3.63) is 35.2 Å². The summed E-state index contributed by atoms with van der Waals surface area (Å²) in [6.45, 7) is 5.91. The Labute approximate surface area is 82.8 Å². The highest BCUT2D eigenvalue weighted by Gasteiger charge is 2.11. The van der Waals surface area contributed by atoms with Gasteiger partial charge < -0.3 is 4.52 Å². The highest BCUT2D eigenvalue weighted by molar-refractivity contribution is 5.62. The van der Waals surface area contributed by atoms with Gasteiger partial charge in [-0.2, -0.15) is 4.98 Å². The van der Waals surface area contributed by atoms with E-state index in [9.17, 15) is 0 Å². The Bertz CT molecular complexity index is 440. The number of rotatable bonds is 1. The molecule has 0 spiro atoms. The van der Waals surface area contributed by atoms with Crippen LogP contribution >= 0.6 is 0 Å². The lowest BCUT2D eigenvalue weighted by Gasteiger charge is -2.03. The summed E-state index contributed by atoms with van der Waals surface area (Å²) in [6.07, 6.45) is 0. The third-order valence-corrected chi connectivity index (χ3v) is 2.22. The van der Waals surface area contributed by atoms with Gasteiger partial charge in [-0.25, -0.2) is 0 Å². The van der Waals surface area contributed by atoms with Crippen molar-refractivity contribution in [1.82, 2.24) is 10.1 Å². The predicted octanol–water partition coefficient (Wildman–Crippen LogP) is 2.66. The van der Waals surface area contributed by atoms with Crippen LogP contribution in [-0.2, 0) is 0 Å². The molecule has 0 atom stereocenters. The van der Waals surface area contributed by atoms with Gasteiger partial charge in [-0.1, -0.05) is 23.4 Å². The zero-order valence-corrected chi connectivity index (χ0v) is 8.53. The smallest absolute Gasteiger partial charge is 0.258 e. The van der Waals surface area contributed by atoms with Crippen LogP contribution in [0.5, 0.6) is 0 Å². The molecular formula is C11H12N2O. The first kappa shape index (κ1) is 8.94. The summed E-state index contributed by atoms with van der Waals surface area (Å²) >= 11 is 0. The molecule has 1 aromatic carbocycles. The molecule has 0 aliphatic heterocycles. The Morgan fingerprint density at radius 1 is 1.07 bits per heavy atom. The molecule has 3 nitrogen and oxygen atoms in total. The molecule has 72 valence electrons. The van der Waals surface area contributed by atoms with E-state index in [-0.39, 0.29) is 0 Å². The molecule has 0 saturated carbocycles. The first-order valence-electron chi connectivity index (χ1n) is 4.55. The second-order valence-corrected chi connectivity index (χ2v) is 3.41. The Balaban J connectivity index is 2.61. The van der Waals surface area contributed by atoms with Crippen LogP contribution in [0.4, 0.5) is 0 Å². The van der Waals surface area contributed by atoms with E-state index in [4.69, 9.17) is 4.52 Å². The van der Waals surface area contributed by atoms with E-state index in [0.29, 0.717) is 11.7 Å². The van der Waals surface area contributed by atoms with Crippen molar-refractivity contribution in [3.63, 3.8) is 0 Å². The maximum Gasteiger partial charge on any atom is 0.258 e. The standard InChI is InChI=1S/C11H12N2O/c1-7-5-4-6-8(2)10(7)11-12-9(3)13-14-11/h4-6H,1-3H3. The van der Waals surface area contributed by atoms with Gasteiger partial charge in [0.1, 0.15) is 0 Å². The Kier molecular flexibility index (Phi) is 2.08. The zero-order chi connectivity index (χ0) is 10.1. The minimum atomic E-state index is 0.609. The molecule has 0 radical (unpaired) electrons. The van der Waals surface area contributed by atoms with E-state index in [0.717, 1.165) is 16.7 Å². The van der Waals surface area contributed by atoms with E-state index in [1.807, 2.05) is 39.0 Å². The number of benzene rings is 1. The number of hydrogen-bond acceptors (Lipinski definition) is 3. The Hall–Kier alpha value is -1.64. The van der Waals surface area contributed by atoms with Gasteiger partial charge in [-0.05, 0) is 31.9 Å². The van der Waals surface area contributed by atoms with Crippen LogP contribution < -0.4 is 0 Å². The van der Waals surface area contributed by atoms with Crippen molar-refractivity contribution >= 4 is 0 Å². The van der Waals surface area contributed by atoms with Crippen LogP contribution in [0.3, 0.4) is 0 Å². The van der Waals surface area contributed by atoms with Crippen LogP contribution in [0.15, 0.2) is 22.7 Å².